The van der Waals surface area contributed by atoms with Crippen LogP contribution >= 0.6 is 0 Å². The van der Waals surface area contributed by atoms with Crippen molar-refractivity contribution >= 4 is 16.9 Å². The fourth-order valence-electron chi connectivity index (χ4n) is 2.10. The largest absolute Gasteiger partial charge is 0.371 e. The van der Waals surface area contributed by atoms with Crippen LogP contribution in [-0.4, -0.2) is 34.2 Å². The van der Waals surface area contributed by atoms with Crippen molar-refractivity contribution in [1.29, 1.82) is 0 Å². The third-order valence-electron chi connectivity index (χ3n) is 2.98. The Morgan fingerprint density at radius 3 is 2.83 bits per heavy atom. The van der Waals surface area contributed by atoms with Crippen LogP contribution in [-0.2, 0) is 6.54 Å². The number of hydrogen-bond acceptors (Lipinski definition) is 4. The average molecular weight is 247 g/mol. The molecule has 2 heterocycles. The molecule has 0 aromatic carbocycles. The van der Waals surface area contributed by atoms with Crippen LogP contribution in [0, 0.1) is 6.92 Å². The minimum Gasteiger partial charge on any atom is -0.371 e. The van der Waals surface area contributed by atoms with Gasteiger partial charge in [-0.3, -0.25) is 0 Å². The zero-order valence-electron chi connectivity index (χ0n) is 11.5. The van der Waals surface area contributed by atoms with E-state index < -0.39 is 0 Å². The van der Waals surface area contributed by atoms with E-state index in [0.717, 1.165) is 35.8 Å². The summed E-state index contributed by atoms with van der Waals surface area (Å²) >= 11 is 0. The van der Waals surface area contributed by atoms with Crippen molar-refractivity contribution in [3.05, 3.63) is 18.1 Å². The smallest absolute Gasteiger partial charge is 0.153 e. The number of fused-ring (bicyclic) bond motifs is 1. The van der Waals surface area contributed by atoms with Gasteiger partial charge in [0, 0.05) is 32.4 Å². The third kappa shape index (κ3) is 2.46. The molecule has 0 aliphatic rings. The molecule has 2 N–H and O–H groups in total. The minimum absolute atomic E-state index is 0.509. The highest BCUT2D eigenvalue weighted by molar-refractivity contribution is 5.86. The second kappa shape index (κ2) is 5.35. The summed E-state index contributed by atoms with van der Waals surface area (Å²) < 4.78 is 2.23. The fourth-order valence-corrected chi connectivity index (χ4v) is 2.10. The molecule has 2 aromatic rings. The second-order valence-corrected chi connectivity index (χ2v) is 4.70. The van der Waals surface area contributed by atoms with Crippen molar-refractivity contribution in [3.63, 3.8) is 0 Å². The van der Waals surface area contributed by atoms with E-state index in [-0.39, 0.29) is 0 Å². The zero-order valence-corrected chi connectivity index (χ0v) is 11.5. The highest BCUT2D eigenvalue weighted by Crippen LogP contribution is 2.20. The van der Waals surface area contributed by atoms with Gasteiger partial charge in [-0.1, -0.05) is 13.8 Å². The number of rotatable bonds is 5. The summed E-state index contributed by atoms with van der Waals surface area (Å²) in [5.41, 5.74) is 2.08. The number of nitrogens with one attached hydrogen (secondary N) is 2. The maximum Gasteiger partial charge on any atom is 0.153 e. The van der Waals surface area contributed by atoms with E-state index in [1.807, 2.05) is 26.2 Å². The van der Waals surface area contributed by atoms with E-state index in [1.165, 1.54) is 0 Å². The van der Waals surface area contributed by atoms with E-state index >= 15 is 0 Å². The molecule has 0 atom stereocenters. The molecule has 0 saturated carbocycles. The van der Waals surface area contributed by atoms with Crippen molar-refractivity contribution in [2.24, 2.45) is 0 Å². The summed E-state index contributed by atoms with van der Waals surface area (Å²) in [5.74, 6) is 1.87. The number of anilines is 1. The molecule has 2 aromatic heterocycles. The van der Waals surface area contributed by atoms with E-state index in [4.69, 9.17) is 0 Å². The van der Waals surface area contributed by atoms with Gasteiger partial charge in [0.05, 0.1) is 5.52 Å². The molecule has 5 nitrogen and oxygen atoms in total. The van der Waals surface area contributed by atoms with E-state index in [1.54, 1.807) is 0 Å². The van der Waals surface area contributed by atoms with Gasteiger partial charge >= 0.3 is 0 Å². The summed E-state index contributed by atoms with van der Waals surface area (Å²) in [4.78, 5) is 8.88. The van der Waals surface area contributed by atoms with Crippen molar-refractivity contribution in [2.45, 2.75) is 33.4 Å². The molecule has 0 bridgehead atoms. The maximum atomic E-state index is 4.59. The molecule has 0 aliphatic carbocycles. The molecule has 98 valence electrons. The Bertz CT molecular complexity index is 529. The molecule has 0 fully saturated rings. The Balaban J connectivity index is 2.30. The van der Waals surface area contributed by atoms with Crippen molar-refractivity contribution in [3.8, 4) is 0 Å². The average Bonchev–Trinajstić information content (AvgIpc) is 2.65. The van der Waals surface area contributed by atoms with E-state index in [0.29, 0.717) is 6.04 Å². The van der Waals surface area contributed by atoms with Gasteiger partial charge in [-0.15, -0.1) is 0 Å². The quantitative estimate of drug-likeness (QED) is 0.845. The first-order chi connectivity index (χ1) is 8.63. The Hall–Kier alpha value is -1.62. The lowest BCUT2D eigenvalue weighted by Gasteiger charge is -2.10. The predicted octanol–water partition coefficient (Wildman–Crippen LogP) is 1.78. The Morgan fingerprint density at radius 1 is 1.39 bits per heavy atom. The first-order valence-electron chi connectivity index (χ1n) is 6.36. The molecule has 0 amide bonds. The summed E-state index contributed by atoms with van der Waals surface area (Å²) in [6, 6.07) is 2.53. The standard InChI is InChI=1S/C13H21N5/c1-9(2)15-7-8-18-10(3)17-12-11(18)5-6-16-13(12)14-4/h5-6,9,15H,7-8H2,1-4H3,(H,14,16). The zero-order chi connectivity index (χ0) is 13.1. The monoisotopic (exact) mass is 247 g/mol. The Labute approximate surface area is 108 Å². The minimum atomic E-state index is 0.509. The first-order valence-corrected chi connectivity index (χ1v) is 6.36. The normalized spacial score (nSPS) is 11.4. The van der Waals surface area contributed by atoms with Crippen LogP contribution in [0.1, 0.15) is 19.7 Å². The Kier molecular flexibility index (Phi) is 3.81. The Morgan fingerprint density at radius 2 is 2.17 bits per heavy atom. The molecule has 2 rings (SSSR count). The summed E-state index contributed by atoms with van der Waals surface area (Å²) in [6.45, 7) is 8.22. The maximum absolute atomic E-state index is 4.59. The van der Waals surface area contributed by atoms with Gasteiger partial charge in [-0.2, -0.15) is 0 Å². The van der Waals surface area contributed by atoms with E-state index in [9.17, 15) is 0 Å². The first kappa shape index (κ1) is 12.8. The molecule has 0 aliphatic heterocycles. The van der Waals surface area contributed by atoms with Crippen molar-refractivity contribution in [1.82, 2.24) is 19.9 Å². The summed E-state index contributed by atoms with van der Waals surface area (Å²) in [7, 11) is 1.87. The highest BCUT2D eigenvalue weighted by Gasteiger charge is 2.10. The second-order valence-electron chi connectivity index (χ2n) is 4.70. The third-order valence-corrected chi connectivity index (χ3v) is 2.98. The molecular formula is C13H21N5. The van der Waals surface area contributed by atoms with E-state index in [2.05, 4.69) is 39.0 Å². The van der Waals surface area contributed by atoms with Crippen LogP contribution in [0.3, 0.4) is 0 Å². The molecule has 0 unspecified atom stereocenters. The molecule has 0 radical (unpaired) electrons. The van der Waals surface area contributed by atoms with Crippen LogP contribution in [0.2, 0.25) is 0 Å². The van der Waals surface area contributed by atoms with Gasteiger partial charge in [0.25, 0.3) is 0 Å². The van der Waals surface area contributed by atoms with Gasteiger partial charge in [-0.25, -0.2) is 9.97 Å². The van der Waals surface area contributed by atoms with Crippen LogP contribution in [0.4, 0.5) is 5.82 Å². The van der Waals surface area contributed by atoms with Gasteiger partial charge in [0.15, 0.2) is 5.82 Å². The van der Waals surface area contributed by atoms with Crippen LogP contribution < -0.4 is 10.6 Å². The predicted molar refractivity (Wildman–Crippen MR) is 75.0 cm³/mol. The van der Waals surface area contributed by atoms with Crippen LogP contribution in [0.5, 0.6) is 0 Å². The number of aromatic nitrogens is 3. The molecule has 0 saturated heterocycles. The lowest BCUT2D eigenvalue weighted by Crippen LogP contribution is -2.26. The highest BCUT2D eigenvalue weighted by atomic mass is 15.1. The molecular weight excluding hydrogens is 226 g/mol. The number of aryl methyl sites for hydroxylation is 1. The van der Waals surface area contributed by atoms with Crippen molar-refractivity contribution in [2.75, 3.05) is 18.9 Å². The SMILES string of the molecule is CNc1nccc2c1nc(C)n2CCNC(C)C. The molecule has 18 heavy (non-hydrogen) atoms. The summed E-state index contributed by atoms with van der Waals surface area (Å²) in [5, 5.41) is 6.51. The van der Waals surface area contributed by atoms with Gasteiger partial charge in [0.1, 0.15) is 11.3 Å². The van der Waals surface area contributed by atoms with Gasteiger partial charge < -0.3 is 15.2 Å². The van der Waals surface area contributed by atoms with Gasteiger partial charge in [-0.05, 0) is 13.0 Å². The fraction of sp³-hybridized carbons (Fsp3) is 0.538. The lowest BCUT2D eigenvalue weighted by atomic mass is 10.3. The lowest BCUT2D eigenvalue weighted by molar-refractivity contribution is 0.541. The number of pyridine rings is 1. The molecule has 0 spiro atoms. The van der Waals surface area contributed by atoms with Gasteiger partial charge in [0.2, 0.25) is 0 Å². The topological polar surface area (TPSA) is 54.8 Å². The summed E-state index contributed by atoms with van der Waals surface area (Å²) in [6.07, 6.45) is 1.82. The number of hydrogen-bond donors (Lipinski definition) is 2. The number of nitrogens with zero attached hydrogens (tertiary/aromatic N) is 3. The van der Waals surface area contributed by atoms with Crippen LogP contribution in [0.25, 0.3) is 11.0 Å². The van der Waals surface area contributed by atoms with Crippen molar-refractivity contribution < 1.29 is 0 Å². The number of imidazole rings is 1. The van der Waals surface area contributed by atoms with Crippen LogP contribution in [0.15, 0.2) is 12.3 Å². The molecule has 5 heteroatoms.